The van der Waals surface area contributed by atoms with E-state index in [0.29, 0.717) is 0 Å². The highest BCUT2D eigenvalue weighted by Crippen LogP contribution is 2.25. The molecule has 3 heteroatoms. The van der Waals surface area contributed by atoms with Gasteiger partial charge in [0.15, 0.2) is 0 Å². The van der Waals surface area contributed by atoms with Gasteiger partial charge in [-0.1, -0.05) is 30.3 Å². The van der Waals surface area contributed by atoms with Crippen molar-refractivity contribution in [2.24, 2.45) is 0 Å². The standard InChI is InChI=1S/C14H15NO2/c1-10-7-8-13(15-9-14(16)17-2)12-6-4-3-5-11(10)12/h3-8,15H,9H2,1-2H3. The van der Waals surface area contributed by atoms with Gasteiger partial charge in [0.25, 0.3) is 0 Å². The number of hydrogen-bond acceptors (Lipinski definition) is 3. The molecule has 3 nitrogen and oxygen atoms in total. The molecule has 0 aromatic heterocycles. The molecule has 2 aromatic carbocycles. The van der Waals surface area contributed by atoms with E-state index in [0.717, 1.165) is 11.1 Å². The van der Waals surface area contributed by atoms with E-state index in [2.05, 4.69) is 23.0 Å². The van der Waals surface area contributed by atoms with Gasteiger partial charge in [-0.05, 0) is 23.9 Å². The van der Waals surface area contributed by atoms with Crippen molar-refractivity contribution in [1.29, 1.82) is 0 Å². The molecule has 0 heterocycles. The molecule has 0 radical (unpaired) electrons. The fourth-order valence-corrected chi connectivity index (χ4v) is 1.84. The zero-order valence-electron chi connectivity index (χ0n) is 9.99. The Kier molecular flexibility index (Phi) is 3.28. The van der Waals surface area contributed by atoms with Gasteiger partial charge in [-0.3, -0.25) is 4.79 Å². The lowest BCUT2D eigenvalue weighted by atomic mass is 10.0. The highest BCUT2D eigenvalue weighted by molar-refractivity contribution is 5.96. The first-order valence-electron chi connectivity index (χ1n) is 5.51. The SMILES string of the molecule is COC(=O)CNc1ccc(C)c2ccccc12. The number of fused-ring (bicyclic) bond motifs is 1. The minimum Gasteiger partial charge on any atom is -0.468 e. The summed E-state index contributed by atoms with van der Waals surface area (Å²) < 4.78 is 4.61. The van der Waals surface area contributed by atoms with Gasteiger partial charge in [0.1, 0.15) is 6.54 Å². The molecule has 17 heavy (non-hydrogen) atoms. The monoisotopic (exact) mass is 229 g/mol. The second kappa shape index (κ2) is 4.87. The van der Waals surface area contributed by atoms with Crippen LogP contribution in [-0.4, -0.2) is 19.6 Å². The first-order chi connectivity index (χ1) is 8.22. The first-order valence-corrected chi connectivity index (χ1v) is 5.51. The van der Waals surface area contributed by atoms with Crippen molar-refractivity contribution in [3.63, 3.8) is 0 Å². The fourth-order valence-electron chi connectivity index (χ4n) is 1.84. The molecule has 88 valence electrons. The minimum atomic E-state index is -0.269. The number of hydrogen-bond donors (Lipinski definition) is 1. The van der Waals surface area contributed by atoms with Crippen LogP contribution in [0.5, 0.6) is 0 Å². The largest absolute Gasteiger partial charge is 0.468 e. The van der Waals surface area contributed by atoms with Gasteiger partial charge in [0.2, 0.25) is 0 Å². The van der Waals surface area contributed by atoms with Gasteiger partial charge in [-0.2, -0.15) is 0 Å². The zero-order chi connectivity index (χ0) is 12.3. The maximum Gasteiger partial charge on any atom is 0.325 e. The summed E-state index contributed by atoms with van der Waals surface area (Å²) in [5, 5.41) is 5.41. The van der Waals surface area contributed by atoms with E-state index in [1.165, 1.54) is 18.1 Å². The van der Waals surface area contributed by atoms with Crippen LogP contribution in [0.3, 0.4) is 0 Å². The Morgan fingerprint density at radius 1 is 1.18 bits per heavy atom. The van der Waals surface area contributed by atoms with Crippen molar-refractivity contribution < 1.29 is 9.53 Å². The molecule has 0 fully saturated rings. The summed E-state index contributed by atoms with van der Waals surface area (Å²) in [6, 6.07) is 12.2. The maximum atomic E-state index is 11.1. The molecular formula is C14H15NO2. The number of esters is 1. The van der Waals surface area contributed by atoms with Crippen LogP contribution in [0.25, 0.3) is 10.8 Å². The van der Waals surface area contributed by atoms with Gasteiger partial charge in [-0.15, -0.1) is 0 Å². The minimum absolute atomic E-state index is 0.184. The molecular weight excluding hydrogens is 214 g/mol. The van der Waals surface area contributed by atoms with Crippen LogP contribution >= 0.6 is 0 Å². The molecule has 0 aliphatic heterocycles. The quantitative estimate of drug-likeness (QED) is 0.822. The summed E-state index contributed by atoms with van der Waals surface area (Å²) >= 11 is 0. The molecule has 1 N–H and O–H groups in total. The third kappa shape index (κ3) is 2.38. The van der Waals surface area contributed by atoms with Crippen molar-refractivity contribution >= 4 is 22.4 Å². The van der Waals surface area contributed by atoms with Gasteiger partial charge < -0.3 is 10.1 Å². The highest BCUT2D eigenvalue weighted by Gasteiger charge is 2.04. The highest BCUT2D eigenvalue weighted by atomic mass is 16.5. The van der Waals surface area contributed by atoms with Crippen molar-refractivity contribution in [2.45, 2.75) is 6.92 Å². The van der Waals surface area contributed by atoms with Gasteiger partial charge in [-0.25, -0.2) is 0 Å². The summed E-state index contributed by atoms with van der Waals surface area (Å²) in [5.74, 6) is -0.269. The number of nitrogens with one attached hydrogen (secondary N) is 1. The zero-order valence-corrected chi connectivity index (χ0v) is 9.99. The molecule has 0 saturated heterocycles. The van der Waals surface area contributed by atoms with Crippen LogP contribution in [0, 0.1) is 6.92 Å². The van der Waals surface area contributed by atoms with Gasteiger partial charge in [0, 0.05) is 11.1 Å². The van der Waals surface area contributed by atoms with Crippen LogP contribution in [0.15, 0.2) is 36.4 Å². The fraction of sp³-hybridized carbons (Fsp3) is 0.214. The number of benzene rings is 2. The summed E-state index contributed by atoms with van der Waals surface area (Å²) in [5.41, 5.74) is 2.18. The lowest BCUT2D eigenvalue weighted by Crippen LogP contribution is -2.15. The van der Waals surface area contributed by atoms with Crippen LogP contribution in [0.4, 0.5) is 5.69 Å². The number of carbonyl (C=O) groups is 1. The van der Waals surface area contributed by atoms with Crippen LogP contribution < -0.4 is 5.32 Å². The molecule has 2 rings (SSSR count). The van der Waals surface area contributed by atoms with Crippen molar-refractivity contribution in [1.82, 2.24) is 0 Å². The molecule has 0 aliphatic rings. The Morgan fingerprint density at radius 3 is 2.59 bits per heavy atom. The van der Waals surface area contributed by atoms with E-state index in [1.807, 2.05) is 30.3 Å². The molecule has 0 aliphatic carbocycles. The molecule has 0 spiro atoms. The number of ether oxygens (including phenoxy) is 1. The third-order valence-electron chi connectivity index (χ3n) is 2.79. The van der Waals surface area contributed by atoms with Gasteiger partial charge in [0.05, 0.1) is 7.11 Å². The predicted molar refractivity (Wildman–Crippen MR) is 69.2 cm³/mol. The smallest absolute Gasteiger partial charge is 0.325 e. The second-order valence-electron chi connectivity index (χ2n) is 3.91. The van der Waals surface area contributed by atoms with E-state index in [1.54, 1.807) is 0 Å². The average Bonchev–Trinajstić information content (AvgIpc) is 2.38. The maximum absolute atomic E-state index is 11.1. The normalized spacial score (nSPS) is 10.2. The Balaban J connectivity index is 2.35. The van der Waals surface area contributed by atoms with E-state index in [-0.39, 0.29) is 12.5 Å². The number of aryl methyl sites for hydroxylation is 1. The van der Waals surface area contributed by atoms with Crippen LogP contribution in [-0.2, 0) is 9.53 Å². The Morgan fingerprint density at radius 2 is 1.88 bits per heavy atom. The van der Waals surface area contributed by atoms with Crippen molar-refractivity contribution in [2.75, 3.05) is 19.0 Å². The molecule has 0 bridgehead atoms. The lowest BCUT2D eigenvalue weighted by molar-refractivity contribution is -0.138. The lowest BCUT2D eigenvalue weighted by Gasteiger charge is -2.10. The third-order valence-corrected chi connectivity index (χ3v) is 2.79. The summed E-state index contributed by atoms with van der Waals surface area (Å²) in [6.07, 6.45) is 0. The molecule has 2 aromatic rings. The number of anilines is 1. The van der Waals surface area contributed by atoms with E-state index in [4.69, 9.17) is 0 Å². The Labute approximate surface area is 100 Å². The van der Waals surface area contributed by atoms with Crippen LogP contribution in [0.1, 0.15) is 5.56 Å². The van der Waals surface area contributed by atoms with Gasteiger partial charge >= 0.3 is 5.97 Å². The number of rotatable bonds is 3. The molecule has 0 unspecified atom stereocenters. The van der Waals surface area contributed by atoms with Crippen molar-refractivity contribution in [3.8, 4) is 0 Å². The molecule has 0 saturated carbocycles. The summed E-state index contributed by atoms with van der Waals surface area (Å²) in [6.45, 7) is 2.26. The Hall–Kier alpha value is -2.03. The van der Waals surface area contributed by atoms with E-state index < -0.39 is 0 Å². The predicted octanol–water partition coefficient (Wildman–Crippen LogP) is 2.73. The van der Waals surface area contributed by atoms with E-state index in [9.17, 15) is 4.79 Å². The molecule has 0 amide bonds. The topological polar surface area (TPSA) is 38.3 Å². The number of carbonyl (C=O) groups excluding carboxylic acids is 1. The van der Waals surface area contributed by atoms with Crippen molar-refractivity contribution in [3.05, 3.63) is 42.0 Å². The average molecular weight is 229 g/mol. The summed E-state index contributed by atoms with van der Waals surface area (Å²) in [4.78, 5) is 11.1. The number of methoxy groups -OCH3 is 1. The van der Waals surface area contributed by atoms with E-state index >= 15 is 0 Å². The first kappa shape index (κ1) is 11.5. The summed E-state index contributed by atoms with van der Waals surface area (Å²) in [7, 11) is 1.39. The Bertz CT molecular complexity index is 549. The molecule has 0 atom stereocenters. The van der Waals surface area contributed by atoms with Crippen LogP contribution in [0.2, 0.25) is 0 Å². The second-order valence-corrected chi connectivity index (χ2v) is 3.91.